The summed E-state index contributed by atoms with van der Waals surface area (Å²) in [4.78, 5) is 14.6. The van der Waals surface area contributed by atoms with Crippen LogP contribution in [0.25, 0.3) is 5.52 Å². The number of nitrogens with two attached hydrogens (primary N) is 1. The van der Waals surface area contributed by atoms with Crippen molar-refractivity contribution in [2.75, 3.05) is 0 Å². The Hall–Kier alpha value is -1.62. The molecule has 2 aromatic heterocycles. The largest absolute Gasteiger partial charge is 0.364 e. The van der Waals surface area contributed by atoms with Gasteiger partial charge in [-0.1, -0.05) is 0 Å². The lowest BCUT2D eigenvalue weighted by Gasteiger charge is -1.94. The summed E-state index contributed by atoms with van der Waals surface area (Å²) >= 11 is 0. The summed E-state index contributed by atoms with van der Waals surface area (Å²) in [6, 6.07) is 3.35. The molecule has 2 aromatic rings. The maximum absolute atomic E-state index is 10.8. The first-order valence-electron chi connectivity index (χ1n) is 3.36. The van der Waals surface area contributed by atoms with E-state index in [0.717, 1.165) is 5.52 Å². The maximum atomic E-state index is 10.8. The Morgan fingerprint density at radius 3 is 2.92 bits per heavy atom. The molecule has 0 saturated heterocycles. The van der Waals surface area contributed by atoms with Crippen LogP contribution in [0.2, 0.25) is 0 Å². The van der Waals surface area contributed by atoms with Crippen molar-refractivity contribution in [1.29, 1.82) is 0 Å². The minimum absolute atomic E-state index is 0. The second kappa shape index (κ2) is 3.40. The van der Waals surface area contributed by atoms with Gasteiger partial charge in [0.2, 0.25) is 0 Å². The molecule has 6 heteroatoms. The van der Waals surface area contributed by atoms with Crippen LogP contribution in [-0.2, 0) is 0 Å². The Bertz CT molecular complexity index is 439. The Balaban J connectivity index is 0.000000845. The fourth-order valence-electron chi connectivity index (χ4n) is 1.05. The average molecular weight is 199 g/mol. The van der Waals surface area contributed by atoms with Crippen LogP contribution in [0.3, 0.4) is 0 Å². The summed E-state index contributed by atoms with van der Waals surface area (Å²) in [5, 5.41) is 3.87. The number of carbonyl (C=O) groups is 1. The van der Waals surface area contributed by atoms with E-state index in [2.05, 4.69) is 10.1 Å². The first-order chi connectivity index (χ1) is 5.79. The summed E-state index contributed by atoms with van der Waals surface area (Å²) in [6.07, 6.45) is 2.97. The SMILES string of the molecule is Cl.NC(=O)c1ccc2cncnn12. The number of fused-ring (bicyclic) bond motifs is 1. The lowest BCUT2D eigenvalue weighted by molar-refractivity contribution is 0.0993. The van der Waals surface area contributed by atoms with Crippen LogP contribution in [-0.4, -0.2) is 20.5 Å². The third kappa shape index (κ3) is 1.46. The van der Waals surface area contributed by atoms with Gasteiger partial charge in [-0.3, -0.25) is 4.79 Å². The lowest BCUT2D eigenvalue weighted by atomic mass is 10.4. The van der Waals surface area contributed by atoms with Crippen molar-refractivity contribution in [3.05, 3.63) is 30.4 Å². The molecule has 13 heavy (non-hydrogen) atoms. The number of amides is 1. The van der Waals surface area contributed by atoms with Gasteiger partial charge in [0.25, 0.3) is 5.91 Å². The van der Waals surface area contributed by atoms with E-state index in [0.29, 0.717) is 5.69 Å². The Kier molecular flexibility index (Phi) is 2.48. The molecule has 2 rings (SSSR count). The van der Waals surface area contributed by atoms with Gasteiger partial charge in [0.1, 0.15) is 12.0 Å². The summed E-state index contributed by atoms with van der Waals surface area (Å²) < 4.78 is 1.45. The molecule has 0 radical (unpaired) electrons. The molecule has 0 atom stereocenters. The van der Waals surface area contributed by atoms with Gasteiger partial charge in [0.15, 0.2) is 0 Å². The van der Waals surface area contributed by atoms with Crippen molar-refractivity contribution in [3.8, 4) is 0 Å². The molecule has 0 aliphatic heterocycles. The van der Waals surface area contributed by atoms with Gasteiger partial charge in [-0.15, -0.1) is 12.4 Å². The number of carbonyl (C=O) groups excluding carboxylic acids is 1. The number of aromatic nitrogens is 3. The second-order valence-corrected chi connectivity index (χ2v) is 2.33. The molecule has 0 fully saturated rings. The highest BCUT2D eigenvalue weighted by Crippen LogP contribution is 2.04. The van der Waals surface area contributed by atoms with Gasteiger partial charge in [-0.2, -0.15) is 5.10 Å². The predicted molar refractivity (Wildman–Crippen MR) is 48.8 cm³/mol. The van der Waals surface area contributed by atoms with Crippen LogP contribution in [0, 0.1) is 0 Å². The van der Waals surface area contributed by atoms with Crippen molar-refractivity contribution in [2.45, 2.75) is 0 Å². The molecule has 0 aliphatic carbocycles. The highest BCUT2D eigenvalue weighted by atomic mass is 35.5. The monoisotopic (exact) mass is 198 g/mol. The van der Waals surface area contributed by atoms with E-state index in [1.165, 1.54) is 10.8 Å². The zero-order valence-electron chi connectivity index (χ0n) is 6.54. The number of hydrogen-bond acceptors (Lipinski definition) is 3. The molecule has 2 heterocycles. The first-order valence-corrected chi connectivity index (χ1v) is 3.36. The van der Waals surface area contributed by atoms with Crippen LogP contribution in [0.15, 0.2) is 24.7 Å². The molecule has 0 saturated carbocycles. The number of hydrogen-bond donors (Lipinski definition) is 1. The molecule has 0 aromatic carbocycles. The van der Waals surface area contributed by atoms with Crippen molar-refractivity contribution >= 4 is 23.8 Å². The quantitative estimate of drug-likeness (QED) is 0.714. The Labute approximate surface area is 80.0 Å². The van der Waals surface area contributed by atoms with Crippen molar-refractivity contribution < 1.29 is 4.79 Å². The van der Waals surface area contributed by atoms with Gasteiger partial charge >= 0.3 is 0 Å². The summed E-state index contributed by atoms with van der Waals surface area (Å²) in [5.74, 6) is -0.492. The van der Waals surface area contributed by atoms with E-state index in [9.17, 15) is 4.79 Å². The third-order valence-corrected chi connectivity index (χ3v) is 1.58. The van der Waals surface area contributed by atoms with Gasteiger partial charge in [0, 0.05) is 0 Å². The molecule has 0 spiro atoms. The fraction of sp³-hybridized carbons (Fsp3) is 0. The Morgan fingerprint density at radius 2 is 2.23 bits per heavy atom. The van der Waals surface area contributed by atoms with Crippen molar-refractivity contribution in [3.63, 3.8) is 0 Å². The van der Waals surface area contributed by atoms with Gasteiger partial charge in [-0.25, -0.2) is 9.50 Å². The summed E-state index contributed by atoms with van der Waals surface area (Å²) in [7, 11) is 0. The van der Waals surface area contributed by atoms with Crippen molar-refractivity contribution in [2.24, 2.45) is 5.73 Å². The van der Waals surface area contributed by atoms with Gasteiger partial charge in [-0.05, 0) is 12.1 Å². The topological polar surface area (TPSA) is 73.3 Å². The number of rotatable bonds is 1. The molecule has 1 amide bonds. The number of halogens is 1. The van der Waals surface area contributed by atoms with E-state index in [1.54, 1.807) is 18.3 Å². The molecular formula is C7H7ClN4O. The van der Waals surface area contributed by atoms with E-state index in [4.69, 9.17) is 5.73 Å². The second-order valence-electron chi connectivity index (χ2n) is 2.33. The zero-order chi connectivity index (χ0) is 8.55. The summed E-state index contributed by atoms with van der Waals surface area (Å²) in [6.45, 7) is 0. The molecule has 2 N–H and O–H groups in total. The van der Waals surface area contributed by atoms with Crippen LogP contribution in [0.5, 0.6) is 0 Å². The zero-order valence-corrected chi connectivity index (χ0v) is 7.36. The molecular weight excluding hydrogens is 192 g/mol. The molecule has 5 nitrogen and oxygen atoms in total. The smallest absolute Gasteiger partial charge is 0.267 e. The molecule has 0 bridgehead atoms. The maximum Gasteiger partial charge on any atom is 0.267 e. The average Bonchev–Trinajstić information content (AvgIpc) is 2.47. The minimum atomic E-state index is -0.492. The van der Waals surface area contributed by atoms with Crippen LogP contribution in [0.1, 0.15) is 10.5 Å². The minimum Gasteiger partial charge on any atom is -0.364 e. The van der Waals surface area contributed by atoms with Crippen molar-refractivity contribution in [1.82, 2.24) is 14.6 Å². The third-order valence-electron chi connectivity index (χ3n) is 1.58. The van der Waals surface area contributed by atoms with Crippen LogP contribution < -0.4 is 5.73 Å². The molecule has 0 unspecified atom stereocenters. The highest BCUT2D eigenvalue weighted by molar-refractivity contribution is 5.92. The predicted octanol–water partition coefficient (Wildman–Crippen LogP) is 0.250. The normalized spacial score (nSPS) is 9.54. The van der Waals surface area contributed by atoms with E-state index < -0.39 is 5.91 Å². The number of primary amides is 1. The van der Waals surface area contributed by atoms with Crippen LogP contribution in [0.4, 0.5) is 0 Å². The Morgan fingerprint density at radius 1 is 1.46 bits per heavy atom. The van der Waals surface area contributed by atoms with E-state index in [1.807, 2.05) is 0 Å². The lowest BCUT2D eigenvalue weighted by Crippen LogP contribution is -2.14. The van der Waals surface area contributed by atoms with E-state index >= 15 is 0 Å². The van der Waals surface area contributed by atoms with Gasteiger partial charge < -0.3 is 5.73 Å². The standard InChI is InChI=1S/C7H6N4O.ClH/c8-7(12)6-2-1-5-3-9-4-10-11(5)6;/h1-4H,(H2,8,12);1H. The molecule has 68 valence electrons. The molecule has 0 aliphatic rings. The number of nitrogens with zero attached hydrogens (tertiary/aromatic N) is 3. The fourth-order valence-corrected chi connectivity index (χ4v) is 1.05. The summed E-state index contributed by atoms with van der Waals surface area (Å²) in [5.41, 5.74) is 6.23. The van der Waals surface area contributed by atoms with E-state index in [-0.39, 0.29) is 12.4 Å². The highest BCUT2D eigenvalue weighted by Gasteiger charge is 2.06. The van der Waals surface area contributed by atoms with Crippen LogP contribution >= 0.6 is 12.4 Å². The first kappa shape index (κ1) is 9.47. The van der Waals surface area contributed by atoms with Gasteiger partial charge in [0.05, 0.1) is 11.7 Å².